The van der Waals surface area contributed by atoms with Crippen molar-refractivity contribution in [2.24, 2.45) is 0 Å². The first-order valence-electron chi connectivity index (χ1n) is 9.17. The molecule has 2 atom stereocenters. The van der Waals surface area contributed by atoms with Crippen LogP contribution in [0.4, 0.5) is 11.4 Å². The fourth-order valence-electron chi connectivity index (χ4n) is 3.54. The number of hydrogen-bond donors (Lipinski definition) is 1. The number of carbonyl (C=O) groups is 1. The molecule has 2 heterocycles. The van der Waals surface area contributed by atoms with Gasteiger partial charge in [0, 0.05) is 35.9 Å². The van der Waals surface area contributed by atoms with Gasteiger partial charge in [-0.05, 0) is 37.3 Å². The lowest BCUT2D eigenvalue weighted by molar-refractivity contribution is 0.102. The Kier molecular flexibility index (Phi) is 4.55. The summed E-state index contributed by atoms with van der Waals surface area (Å²) < 4.78 is 11.3. The van der Waals surface area contributed by atoms with Crippen molar-refractivity contribution in [1.29, 1.82) is 0 Å². The molecular weight excluding hydrogens is 328 g/mol. The highest BCUT2D eigenvalue weighted by atomic mass is 16.5. The van der Waals surface area contributed by atoms with E-state index < -0.39 is 0 Å². The smallest absolute Gasteiger partial charge is 0.259 e. The van der Waals surface area contributed by atoms with Gasteiger partial charge >= 0.3 is 0 Å². The summed E-state index contributed by atoms with van der Waals surface area (Å²) >= 11 is 0. The standard InChI is InChI=1S/C21H24N2O3/c1-14-15(2)26-20-18(14)4-3-5-19(20)21(24)22-16-6-8-17(9-7-16)23-10-12-25-13-11-23/h3-9,14-15H,10-13H2,1-2H3,(H,22,24)/t14-,15+/m0/s1. The monoisotopic (exact) mass is 352 g/mol. The molecule has 1 amide bonds. The molecule has 5 heteroatoms. The van der Waals surface area contributed by atoms with Gasteiger partial charge in [-0.3, -0.25) is 4.79 Å². The summed E-state index contributed by atoms with van der Waals surface area (Å²) in [5.41, 5.74) is 3.63. The van der Waals surface area contributed by atoms with Crippen LogP contribution in [-0.4, -0.2) is 38.3 Å². The van der Waals surface area contributed by atoms with Crippen LogP contribution in [0.2, 0.25) is 0 Å². The molecule has 5 nitrogen and oxygen atoms in total. The maximum absolute atomic E-state index is 12.8. The lowest BCUT2D eigenvalue weighted by atomic mass is 9.97. The Morgan fingerprint density at radius 3 is 2.54 bits per heavy atom. The quantitative estimate of drug-likeness (QED) is 0.916. The number of nitrogens with one attached hydrogen (secondary N) is 1. The zero-order valence-corrected chi connectivity index (χ0v) is 15.2. The fourth-order valence-corrected chi connectivity index (χ4v) is 3.54. The summed E-state index contributed by atoms with van der Waals surface area (Å²) in [6, 6.07) is 13.7. The molecule has 1 N–H and O–H groups in total. The van der Waals surface area contributed by atoms with Gasteiger partial charge in [-0.1, -0.05) is 19.1 Å². The Bertz CT molecular complexity index is 797. The highest BCUT2D eigenvalue weighted by Gasteiger charge is 2.31. The van der Waals surface area contributed by atoms with Gasteiger partial charge in [-0.2, -0.15) is 0 Å². The zero-order valence-electron chi connectivity index (χ0n) is 15.2. The van der Waals surface area contributed by atoms with Crippen LogP contribution in [0.15, 0.2) is 42.5 Å². The minimum Gasteiger partial charge on any atom is -0.489 e. The van der Waals surface area contributed by atoms with Crippen LogP contribution in [0.25, 0.3) is 0 Å². The highest BCUT2D eigenvalue weighted by Crippen LogP contribution is 2.40. The van der Waals surface area contributed by atoms with Crippen molar-refractivity contribution in [2.75, 3.05) is 36.5 Å². The number of fused-ring (bicyclic) bond motifs is 1. The molecule has 2 aromatic rings. The second kappa shape index (κ2) is 7.00. The van der Waals surface area contributed by atoms with Crippen molar-refractivity contribution < 1.29 is 14.3 Å². The number of hydrogen-bond acceptors (Lipinski definition) is 4. The van der Waals surface area contributed by atoms with Gasteiger partial charge in [-0.25, -0.2) is 0 Å². The van der Waals surface area contributed by atoms with Crippen LogP contribution in [0.5, 0.6) is 5.75 Å². The van der Waals surface area contributed by atoms with Crippen LogP contribution in [-0.2, 0) is 4.74 Å². The number of carbonyl (C=O) groups excluding carboxylic acids is 1. The summed E-state index contributed by atoms with van der Waals surface area (Å²) in [6.07, 6.45) is 0.0896. The van der Waals surface area contributed by atoms with Crippen LogP contribution >= 0.6 is 0 Å². The lowest BCUT2D eigenvalue weighted by Gasteiger charge is -2.28. The maximum atomic E-state index is 12.8. The predicted octanol–water partition coefficient (Wildman–Crippen LogP) is 3.66. The number of nitrogens with zero attached hydrogens (tertiary/aromatic N) is 1. The minimum absolute atomic E-state index is 0.0896. The van der Waals surface area contributed by atoms with E-state index in [0.717, 1.165) is 49.0 Å². The van der Waals surface area contributed by atoms with Crippen molar-refractivity contribution in [1.82, 2.24) is 0 Å². The third-order valence-electron chi connectivity index (χ3n) is 5.29. The van der Waals surface area contributed by atoms with Gasteiger partial charge in [0.25, 0.3) is 5.91 Å². The van der Waals surface area contributed by atoms with E-state index >= 15 is 0 Å². The summed E-state index contributed by atoms with van der Waals surface area (Å²) in [6.45, 7) is 7.48. The fraction of sp³-hybridized carbons (Fsp3) is 0.381. The molecule has 0 spiro atoms. The average Bonchev–Trinajstić information content (AvgIpc) is 2.97. The number of morpholine rings is 1. The first-order chi connectivity index (χ1) is 12.6. The molecule has 0 unspecified atom stereocenters. The summed E-state index contributed by atoms with van der Waals surface area (Å²) in [4.78, 5) is 15.0. The summed E-state index contributed by atoms with van der Waals surface area (Å²) in [7, 11) is 0. The van der Waals surface area contributed by atoms with Gasteiger partial charge in [0.2, 0.25) is 0 Å². The van der Waals surface area contributed by atoms with E-state index in [0.29, 0.717) is 11.5 Å². The van der Waals surface area contributed by atoms with Gasteiger partial charge in [0.05, 0.1) is 18.8 Å². The molecule has 0 radical (unpaired) electrons. The van der Waals surface area contributed by atoms with Gasteiger partial charge < -0.3 is 19.7 Å². The molecule has 4 rings (SSSR count). The molecule has 2 aliphatic rings. The Labute approximate surface area is 153 Å². The molecule has 1 fully saturated rings. The van der Waals surface area contributed by atoms with Crippen molar-refractivity contribution in [2.45, 2.75) is 25.9 Å². The van der Waals surface area contributed by atoms with E-state index in [2.05, 4.69) is 17.1 Å². The minimum atomic E-state index is -0.137. The van der Waals surface area contributed by atoms with E-state index in [1.165, 1.54) is 0 Å². The Balaban J connectivity index is 1.49. The van der Waals surface area contributed by atoms with Gasteiger partial charge in [0.1, 0.15) is 11.9 Å². The molecule has 2 aliphatic heterocycles. The number of ether oxygens (including phenoxy) is 2. The predicted molar refractivity (Wildman–Crippen MR) is 102 cm³/mol. The second-order valence-electron chi connectivity index (χ2n) is 6.94. The molecule has 136 valence electrons. The molecular formula is C21H24N2O3. The molecule has 26 heavy (non-hydrogen) atoms. The van der Waals surface area contributed by atoms with Crippen molar-refractivity contribution in [3.05, 3.63) is 53.6 Å². The number of anilines is 2. The summed E-state index contributed by atoms with van der Waals surface area (Å²) in [5.74, 6) is 0.878. The van der Waals surface area contributed by atoms with Crippen LogP contribution in [0, 0.1) is 0 Å². The molecule has 0 aromatic heterocycles. The molecule has 0 saturated carbocycles. The van der Waals surface area contributed by atoms with Crippen molar-refractivity contribution in [3.63, 3.8) is 0 Å². The largest absolute Gasteiger partial charge is 0.489 e. The highest BCUT2D eigenvalue weighted by molar-refractivity contribution is 6.06. The van der Waals surface area contributed by atoms with E-state index in [4.69, 9.17) is 9.47 Å². The first-order valence-corrected chi connectivity index (χ1v) is 9.17. The number of amides is 1. The number of para-hydroxylation sites is 1. The number of rotatable bonds is 3. The van der Waals surface area contributed by atoms with Crippen molar-refractivity contribution >= 4 is 17.3 Å². The summed E-state index contributed by atoms with van der Waals surface area (Å²) in [5, 5.41) is 2.99. The van der Waals surface area contributed by atoms with Crippen LogP contribution in [0.3, 0.4) is 0 Å². The Hall–Kier alpha value is -2.53. The molecule has 1 saturated heterocycles. The third-order valence-corrected chi connectivity index (χ3v) is 5.29. The van der Waals surface area contributed by atoms with E-state index in [1.54, 1.807) is 0 Å². The average molecular weight is 352 g/mol. The van der Waals surface area contributed by atoms with Crippen LogP contribution < -0.4 is 15.0 Å². The number of benzene rings is 2. The Morgan fingerprint density at radius 1 is 1.08 bits per heavy atom. The lowest BCUT2D eigenvalue weighted by Crippen LogP contribution is -2.36. The zero-order chi connectivity index (χ0) is 18.1. The third kappa shape index (κ3) is 3.15. The van der Waals surface area contributed by atoms with Crippen molar-refractivity contribution in [3.8, 4) is 5.75 Å². The molecule has 0 bridgehead atoms. The van der Waals surface area contributed by atoms with Gasteiger partial charge in [0.15, 0.2) is 0 Å². The topological polar surface area (TPSA) is 50.8 Å². The van der Waals surface area contributed by atoms with E-state index in [1.807, 2.05) is 49.4 Å². The Morgan fingerprint density at radius 2 is 1.81 bits per heavy atom. The molecule has 0 aliphatic carbocycles. The maximum Gasteiger partial charge on any atom is 0.259 e. The first kappa shape index (κ1) is 16.9. The van der Waals surface area contributed by atoms with E-state index in [-0.39, 0.29) is 12.0 Å². The van der Waals surface area contributed by atoms with Crippen LogP contribution in [0.1, 0.15) is 35.7 Å². The second-order valence-corrected chi connectivity index (χ2v) is 6.94. The molecule has 2 aromatic carbocycles. The SMILES string of the molecule is C[C@@H]1c2cccc(C(=O)Nc3ccc(N4CCOCC4)cc3)c2O[C@@H]1C. The van der Waals surface area contributed by atoms with Gasteiger partial charge in [-0.15, -0.1) is 0 Å². The van der Waals surface area contributed by atoms with E-state index in [9.17, 15) is 4.79 Å². The normalized spacial score (nSPS) is 21.8.